The van der Waals surface area contributed by atoms with Crippen LogP contribution in [0.25, 0.3) is 11.4 Å². The number of aromatic hydroxyl groups is 1. The smallest absolute Gasteiger partial charge is 0.279 e. The first-order chi connectivity index (χ1) is 23.3. The largest absolute Gasteiger partial charge is 0.505 e. The molecule has 0 bridgehead atoms. The number of anilines is 1. The molecule has 2 aliphatic heterocycles. The molecule has 1 saturated heterocycles. The number of nitrogens with one attached hydrogen (secondary N) is 1. The molecule has 3 aromatic heterocycles. The number of hydrogen-bond donors (Lipinski definition) is 2. The fourth-order valence-corrected chi connectivity index (χ4v) is 8.36. The molecule has 0 radical (unpaired) electrons. The molecular weight excluding hydrogens is 617 g/mol. The summed E-state index contributed by atoms with van der Waals surface area (Å²) in [6, 6.07) is 7.87. The van der Waals surface area contributed by atoms with Gasteiger partial charge in [0, 0.05) is 47.6 Å². The predicted molar refractivity (Wildman–Crippen MR) is 171 cm³/mol. The zero-order valence-electron chi connectivity index (χ0n) is 26.2. The molecule has 4 aromatic rings. The Kier molecular flexibility index (Phi) is 6.58. The fraction of sp³-hybridized carbons (Fsp3) is 0.429. The highest BCUT2D eigenvalue weighted by Gasteiger charge is 2.64. The zero-order valence-corrected chi connectivity index (χ0v) is 26.2. The third-order valence-electron chi connectivity index (χ3n) is 10.9. The van der Waals surface area contributed by atoms with E-state index in [0.717, 1.165) is 30.5 Å². The van der Waals surface area contributed by atoms with Crippen LogP contribution in [0, 0.1) is 11.7 Å². The predicted octanol–water partition coefficient (Wildman–Crippen LogP) is 3.74. The second kappa shape index (κ2) is 10.8. The van der Waals surface area contributed by atoms with Crippen LogP contribution in [0.1, 0.15) is 83.5 Å². The van der Waals surface area contributed by atoms with Gasteiger partial charge in [-0.3, -0.25) is 14.4 Å². The third-order valence-corrected chi connectivity index (χ3v) is 10.9. The number of piperidine rings is 1. The summed E-state index contributed by atoms with van der Waals surface area (Å²) in [6.45, 7) is 1.63. The number of halogens is 1. The number of hydrogen-bond acceptors (Lipinski definition) is 8. The van der Waals surface area contributed by atoms with Gasteiger partial charge in [-0.25, -0.2) is 9.37 Å². The van der Waals surface area contributed by atoms with E-state index in [-0.39, 0.29) is 58.9 Å². The van der Waals surface area contributed by atoms with E-state index in [0.29, 0.717) is 74.0 Å². The molecule has 5 aliphatic rings. The van der Waals surface area contributed by atoms with Crippen LogP contribution in [0.4, 0.5) is 10.1 Å². The highest BCUT2D eigenvalue weighted by molar-refractivity contribution is 5.95. The van der Waals surface area contributed by atoms with Crippen LogP contribution in [0.15, 0.2) is 47.4 Å². The van der Waals surface area contributed by atoms with Crippen LogP contribution >= 0.6 is 0 Å². The maximum Gasteiger partial charge on any atom is 0.279 e. The van der Waals surface area contributed by atoms with E-state index in [1.165, 1.54) is 22.8 Å². The van der Waals surface area contributed by atoms with E-state index in [4.69, 9.17) is 9.72 Å². The second-order valence-corrected chi connectivity index (χ2v) is 13.7. The number of aromatic nitrogens is 5. The maximum atomic E-state index is 14.8. The Morgan fingerprint density at radius 3 is 2.73 bits per heavy atom. The molecule has 246 valence electrons. The van der Waals surface area contributed by atoms with Crippen molar-refractivity contribution in [2.24, 2.45) is 5.92 Å². The molecule has 3 fully saturated rings. The lowest BCUT2D eigenvalue weighted by Crippen LogP contribution is -2.48. The van der Waals surface area contributed by atoms with Crippen molar-refractivity contribution >= 4 is 28.9 Å². The summed E-state index contributed by atoms with van der Waals surface area (Å²) in [6.07, 6.45) is 7.95. The number of ether oxygens (including phenoxy) is 1. The molecule has 13 heteroatoms. The second-order valence-electron chi connectivity index (χ2n) is 13.7. The summed E-state index contributed by atoms with van der Waals surface area (Å²) in [4.78, 5) is 52.0. The van der Waals surface area contributed by atoms with E-state index in [1.807, 2.05) is 10.6 Å². The van der Waals surface area contributed by atoms with Crippen molar-refractivity contribution in [2.45, 2.75) is 62.3 Å². The quantitative estimate of drug-likeness (QED) is 0.321. The number of likely N-dealkylation sites (tertiary alicyclic amines) is 1. The Morgan fingerprint density at radius 1 is 1.17 bits per heavy atom. The number of benzene rings is 1. The number of fused-ring (bicyclic) bond motifs is 6. The average molecular weight is 652 g/mol. The minimum absolute atomic E-state index is 0.0132. The zero-order chi connectivity index (χ0) is 32.7. The summed E-state index contributed by atoms with van der Waals surface area (Å²) in [5, 5.41) is 17.8. The lowest BCUT2D eigenvalue weighted by Gasteiger charge is -2.41. The molecule has 9 rings (SSSR count). The number of carbonyl (C=O) groups excluding carboxylic acids is 2. The first kappa shape index (κ1) is 29.2. The standard InChI is InChI=1S/C35H34FN7O5/c36-25-16-21(5-6-22(25)19-3-4-19)38-27(45)18-42-30-23-17-24(23)35(9-12-41(13-10-35)33(47)29-26(44)2-1-11-37-29)28(30)32(46)43-34(42)39-31(40-43)20-7-14-48-15-8-20/h1-2,5-7,11,16,19,23-24,44H,3-4,8-10,12-15,17-18H2,(H,38,45)/t23-,24+/m0/s1. The monoisotopic (exact) mass is 651 g/mol. The van der Waals surface area contributed by atoms with Crippen LogP contribution in [0.5, 0.6) is 5.75 Å². The molecule has 3 aliphatic carbocycles. The summed E-state index contributed by atoms with van der Waals surface area (Å²) in [7, 11) is 0. The van der Waals surface area contributed by atoms with Crippen molar-refractivity contribution in [3.8, 4) is 5.75 Å². The van der Waals surface area contributed by atoms with Crippen molar-refractivity contribution in [1.82, 2.24) is 29.0 Å². The van der Waals surface area contributed by atoms with Gasteiger partial charge in [0.2, 0.25) is 11.7 Å². The number of rotatable bonds is 6. The van der Waals surface area contributed by atoms with Gasteiger partial charge in [-0.15, -0.1) is 5.10 Å². The summed E-state index contributed by atoms with van der Waals surface area (Å²) in [5.41, 5.74) is 2.69. The Bertz CT molecular complexity index is 2110. The lowest BCUT2D eigenvalue weighted by molar-refractivity contribution is -0.116. The van der Waals surface area contributed by atoms with Gasteiger partial charge in [0.1, 0.15) is 18.1 Å². The summed E-state index contributed by atoms with van der Waals surface area (Å²) in [5.74, 6) is 0.0770. The van der Waals surface area contributed by atoms with Gasteiger partial charge in [-0.1, -0.05) is 12.1 Å². The number of pyridine rings is 1. The minimum Gasteiger partial charge on any atom is -0.505 e. The van der Waals surface area contributed by atoms with E-state index >= 15 is 0 Å². The first-order valence-corrected chi connectivity index (χ1v) is 16.7. The summed E-state index contributed by atoms with van der Waals surface area (Å²) >= 11 is 0. The number of carbonyl (C=O) groups is 2. The first-order valence-electron chi connectivity index (χ1n) is 16.7. The Morgan fingerprint density at radius 2 is 2.00 bits per heavy atom. The van der Waals surface area contributed by atoms with Crippen LogP contribution in [-0.2, 0) is 21.5 Å². The van der Waals surface area contributed by atoms with E-state index < -0.39 is 5.41 Å². The van der Waals surface area contributed by atoms with Gasteiger partial charge in [-0.05, 0) is 85.8 Å². The molecule has 12 nitrogen and oxygen atoms in total. The molecule has 1 spiro atoms. The van der Waals surface area contributed by atoms with Crippen molar-refractivity contribution in [2.75, 3.05) is 31.6 Å². The fourth-order valence-electron chi connectivity index (χ4n) is 8.36. The van der Waals surface area contributed by atoms with Gasteiger partial charge >= 0.3 is 0 Å². The van der Waals surface area contributed by atoms with Crippen LogP contribution < -0.4 is 10.9 Å². The molecule has 2 atom stereocenters. The van der Waals surface area contributed by atoms with E-state index in [2.05, 4.69) is 15.4 Å². The van der Waals surface area contributed by atoms with Gasteiger partial charge in [0.15, 0.2) is 11.5 Å². The maximum absolute atomic E-state index is 14.8. The lowest BCUT2D eigenvalue weighted by atomic mass is 9.71. The van der Waals surface area contributed by atoms with Crippen molar-refractivity contribution in [3.63, 3.8) is 0 Å². The number of nitrogens with zero attached hydrogens (tertiary/aromatic N) is 6. The Hall–Kier alpha value is -4.91. The SMILES string of the molecule is O=C(Cn1c2c(c(=O)n3nc(C4=CCOCC4)nc13)C1(CCN(C(=O)c3ncccc3O)CC1)[C@@H]1C[C@H]21)Nc1ccc(C2CC2)c(F)c1. The van der Waals surface area contributed by atoms with Crippen LogP contribution in [0.3, 0.4) is 0 Å². The molecule has 2 saturated carbocycles. The van der Waals surface area contributed by atoms with E-state index in [9.17, 15) is 23.9 Å². The van der Waals surface area contributed by atoms with Crippen molar-refractivity contribution < 1.29 is 23.8 Å². The molecule has 48 heavy (non-hydrogen) atoms. The van der Waals surface area contributed by atoms with Gasteiger partial charge < -0.3 is 24.6 Å². The Labute approximate surface area is 274 Å². The minimum atomic E-state index is -0.488. The molecule has 0 unspecified atom stereocenters. The molecule has 2 N–H and O–H groups in total. The van der Waals surface area contributed by atoms with Crippen molar-refractivity contribution in [3.05, 3.63) is 87.1 Å². The van der Waals surface area contributed by atoms with Gasteiger partial charge in [-0.2, -0.15) is 9.50 Å². The Balaban J connectivity index is 1.08. The molecule has 2 amide bonds. The molecular formula is C35H34FN7O5. The van der Waals surface area contributed by atoms with Crippen LogP contribution in [0.2, 0.25) is 0 Å². The normalized spacial score (nSPS) is 22.4. The average Bonchev–Trinajstić information content (AvgIpc) is 4.02. The highest BCUT2D eigenvalue weighted by Crippen LogP contribution is 2.67. The third kappa shape index (κ3) is 4.58. The van der Waals surface area contributed by atoms with Gasteiger partial charge in [0.05, 0.1) is 13.2 Å². The molecule has 5 heterocycles. The van der Waals surface area contributed by atoms with Crippen LogP contribution in [-0.4, -0.2) is 72.3 Å². The molecule has 1 aromatic carbocycles. The van der Waals surface area contributed by atoms with Crippen molar-refractivity contribution in [1.29, 1.82) is 0 Å². The topological polar surface area (TPSA) is 144 Å². The van der Waals surface area contributed by atoms with E-state index in [1.54, 1.807) is 23.1 Å². The van der Waals surface area contributed by atoms with Gasteiger partial charge in [0.25, 0.3) is 11.5 Å². The number of amides is 2. The highest BCUT2D eigenvalue weighted by atomic mass is 19.1. The summed E-state index contributed by atoms with van der Waals surface area (Å²) < 4.78 is 23.5.